The molecular weight excluding hydrogens is 266 g/mol. The molecule has 2 aromatic carbocycles. The normalized spacial score (nSPS) is 12.0. The van der Waals surface area contributed by atoms with E-state index in [0.29, 0.717) is 12.3 Å². The highest BCUT2D eigenvalue weighted by Crippen LogP contribution is 2.25. The quantitative estimate of drug-likeness (QED) is 0.857. The predicted molar refractivity (Wildman–Crippen MR) is 82.5 cm³/mol. The lowest BCUT2D eigenvalue weighted by molar-refractivity contribution is 0.107. The molecule has 0 radical (unpaired) electrons. The number of rotatable bonds is 6. The van der Waals surface area contributed by atoms with Crippen molar-refractivity contribution in [2.75, 3.05) is 13.7 Å². The van der Waals surface area contributed by atoms with E-state index in [4.69, 9.17) is 15.2 Å². The predicted octanol–water partition coefficient (Wildman–Crippen LogP) is 2.57. The van der Waals surface area contributed by atoms with Crippen LogP contribution in [0.2, 0.25) is 0 Å². The third-order valence-corrected chi connectivity index (χ3v) is 3.38. The van der Waals surface area contributed by atoms with Gasteiger partial charge in [-0.3, -0.25) is 0 Å². The summed E-state index contributed by atoms with van der Waals surface area (Å²) in [6, 6.07) is 13.2. The van der Waals surface area contributed by atoms with Crippen LogP contribution in [0.3, 0.4) is 0 Å². The van der Waals surface area contributed by atoms with Crippen molar-refractivity contribution in [3.8, 4) is 11.5 Å². The molecule has 0 aliphatic rings. The summed E-state index contributed by atoms with van der Waals surface area (Å²) in [4.78, 5) is 0. The van der Waals surface area contributed by atoms with Gasteiger partial charge in [-0.15, -0.1) is 0 Å². The fourth-order valence-corrected chi connectivity index (χ4v) is 2.19. The van der Waals surface area contributed by atoms with Crippen LogP contribution in [0, 0.1) is 6.92 Å². The van der Waals surface area contributed by atoms with Gasteiger partial charge in [0.2, 0.25) is 0 Å². The zero-order valence-corrected chi connectivity index (χ0v) is 12.4. The van der Waals surface area contributed by atoms with Gasteiger partial charge in [0.15, 0.2) is 0 Å². The van der Waals surface area contributed by atoms with Crippen LogP contribution < -0.4 is 15.2 Å². The van der Waals surface area contributed by atoms with Crippen molar-refractivity contribution in [3.63, 3.8) is 0 Å². The molecule has 0 aliphatic heterocycles. The number of hydrogen-bond donors (Lipinski definition) is 2. The molecule has 0 bridgehead atoms. The average molecular weight is 287 g/mol. The maximum atomic E-state index is 10.2. The van der Waals surface area contributed by atoms with Crippen molar-refractivity contribution in [2.24, 2.45) is 5.73 Å². The Morgan fingerprint density at radius 1 is 1.19 bits per heavy atom. The number of para-hydroxylation sites is 1. The summed E-state index contributed by atoms with van der Waals surface area (Å²) in [5.41, 5.74) is 8.43. The fourth-order valence-electron chi connectivity index (χ4n) is 2.19. The Balaban J connectivity index is 2.09. The third kappa shape index (κ3) is 3.74. The summed E-state index contributed by atoms with van der Waals surface area (Å²) in [7, 11) is 1.60. The number of hydrogen-bond acceptors (Lipinski definition) is 4. The van der Waals surface area contributed by atoms with Crippen LogP contribution >= 0.6 is 0 Å². The number of nitrogens with two attached hydrogens (primary N) is 1. The number of aliphatic hydroxyl groups is 1. The Labute approximate surface area is 125 Å². The first kappa shape index (κ1) is 15.4. The van der Waals surface area contributed by atoms with Gasteiger partial charge in [0, 0.05) is 12.1 Å². The number of ether oxygens (including phenoxy) is 2. The zero-order valence-electron chi connectivity index (χ0n) is 12.4. The molecule has 0 fully saturated rings. The summed E-state index contributed by atoms with van der Waals surface area (Å²) < 4.78 is 10.9. The number of aryl methyl sites for hydroxylation is 1. The van der Waals surface area contributed by atoms with Gasteiger partial charge >= 0.3 is 0 Å². The molecule has 3 N–H and O–H groups in total. The van der Waals surface area contributed by atoms with E-state index >= 15 is 0 Å². The second-order valence-electron chi connectivity index (χ2n) is 4.87. The molecule has 112 valence electrons. The van der Waals surface area contributed by atoms with Gasteiger partial charge in [-0.05, 0) is 30.2 Å². The SMILES string of the molecule is COc1cccc(C(O)COc2c(C)cccc2CN)c1. The highest BCUT2D eigenvalue weighted by atomic mass is 16.5. The molecule has 2 rings (SSSR count). The van der Waals surface area contributed by atoms with Crippen LogP contribution in [-0.4, -0.2) is 18.8 Å². The monoisotopic (exact) mass is 287 g/mol. The van der Waals surface area contributed by atoms with Crippen molar-refractivity contribution in [3.05, 3.63) is 59.2 Å². The molecule has 0 amide bonds. The first-order chi connectivity index (χ1) is 10.2. The maximum absolute atomic E-state index is 10.2. The van der Waals surface area contributed by atoms with Gasteiger partial charge in [-0.2, -0.15) is 0 Å². The van der Waals surface area contributed by atoms with Crippen molar-refractivity contribution in [1.29, 1.82) is 0 Å². The van der Waals surface area contributed by atoms with E-state index in [2.05, 4.69) is 0 Å². The minimum atomic E-state index is -0.717. The molecular formula is C17H21NO3. The van der Waals surface area contributed by atoms with Crippen LogP contribution in [-0.2, 0) is 6.54 Å². The highest BCUT2D eigenvalue weighted by Gasteiger charge is 2.12. The van der Waals surface area contributed by atoms with Gasteiger partial charge in [-0.25, -0.2) is 0 Å². The van der Waals surface area contributed by atoms with E-state index in [1.165, 1.54) is 0 Å². The Bertz CT molecular complexity index is 598. The lowest BCUT2D eigenvalue weighted by Crippen LogP contribution is -2.12. The fraction of sp³-hybridized carbons (Fsp3) is 0.294. The Kier molecular flexibility index (Phi) is 5.20. The Morgan fingerprint density at radius 3 is 2.67 bits per heavy atom. The third-order valence-electron chi connectivity index (χ3n) is 3.38. The average Bonchev–Trinajstić information content (AvgIpc) is 2.53. The van der Waals surface area contributed by atoms with Gasteiger partial charge in [0.1, 0.15) is 24.2 Å². The van der Waals surface area contributed by atoms with Crippen molar-refractivity contribution >= 4 is 0 Å². The number of methoxy groups -OCH3 is 1. The molecule has 0 saturated heterocycles. The standard InChI is InChI=1S/C17H21NO3/c1-12-5-3-7-14(10-18)17(12)21-11-16(19)13-6-4-8-15(9-13)20-2/h3-9,16,19H,10-11,18H2,1-2H3. The molecule has 1 unspecified atom stereocenters. The Hall–Kier alpha value is -2.04. The molecule has 2 aromatic rings. The second-order valence-corrected chi connectivity index (χ2v) is 4.87. The van der Waals surface area contributed by atoms with Crippen molar-refractivity contribution < 1.29 is 14.6 Å². The topological polar surface area (TPSA) is 64.7 Å². The molecule has 4 heteroatoms. The van der Waals surface area contributed by atoms with Crippen LogP contribution in [0.25, 0.3) is 0 Å². The van der Waals surface area contributed by atoms with Crippen LogP contribution in [0.15, 0.2) is 42.5 Å². The summed E-state index contributed by atoms with van der Waals surface area (Å²) in [6.45, 7) is 2.55. The molecule has 0 aliphatic carbocycles. The molecule has 4 nitrogen and oxygen atoms in total. The smallest absolute Gasteiger partial charge is 0.126 e. The van der Waals surface area contributed by atoms with Gasteiger partial charge in [0.25, 0.3) is 0 Å². The van der Waals surface area contributed by atoms with Crippen LogP contribution in [0.5, 0.6) is 11.5 Å². The van der Waals surface area contributed by atoms with Crippen LogP contribution in [0.4, 0.5) is 0 Å². The number of aliphatic hydroxyl groups excluding tert-OH is 1. The molecule has 21 heavy (non-hydrogen) atoms. The first-order valence-corrected chi connectivity index (χ1v) is 6.89. The first-order valence-electron chi connectivity index (χ1n) is 6.89. The van der Waals surface area contributed by atoms with Crippen molar-refractivity contribution in [1.82, 2.24) is 0 Å². The van der Waals surface area contributed by atoms with E-state index in [1.54, 1.807) is 13.2 Å². The van der Waals surface area contributed by atoms with Crippen molar-refractivity contribution in [2.45, 2.75) is 19.6 Å². The lowest BCUT2D eigenvalue weighted by Gasteiger charge is -2.17. The molecule has 0 spiro atoms. The molecule has 0 aromatic heterocycles. The molecule has 0 saturated carbocycles. The van der Waals surface area contributed by atoms with E-state index in [9.17, 15) is 5.11 Å². The summed E-state index contributed by atoms with van der Waals surface area (Å²) in [5.74, 6) is 1.46. The van der Waals surface area contributed by atoms with E-state index in [-0.39, 0.29) is 6.61 Å². The summed E-state index contributed by atoms with van der Waals surface area (Å²) in [5, 5.41) is 10.2. The van der Waals surface area contributed by atoms with E-state index in [0.717, 1.165) is 22.4 Å². The lowest BCUT2D eigenvalue weighted by atomic mass is 10.1. The molecule has 1 atom stereocenters. The van der Waals surface area contributed by atoms with Gasteiger partial charge in [0.05, 0.1) is 7.11 Å². The van der Waals surface area contributed by atoms with Gasteiger partial charge < -0.3 is 20.3 Å². The largest absolute Gasteiger partial charge is 0.497 e. The summed E-state index contributed by atoms with van der Waals surface area (Å²) >= 11 is 0. The molecule has 0 heterocycles. The van der Waals surface area contributed by atoms with Crippen LogP contribution in [0.1, 0.15) is 22.8 Å². The maximum Gasteiger partial charge on any atom is 0.126 e. The number of benzene rings is 2. The zero-order chi connectivity index (χ0) is 15.2. The van der Waals surface area contributed by atoms with E-state index < -0.39 is 6.10 Å². The Morgan fingerprint density at radius 2 is 1.95 bits per heavy atom. The van der Waals surface area contributed by atoms with Gasteiger partial charge in [-0.1, -0.05) is 30.3 Å². The van der Waals surface area contributed by atoms with E-state index in [1.807, 2.05) is 43.3 Å². The minimum absolute atomic E-state index is 0.172. The summed E-state index contributed by atoms with van der Waals surface area (Å²) in [6.07, 6.45) is -0.717. The highest BCUT2D eigenvalue weighted by molar-refractivity contribution is 5.40. The minimum Gasteiger partial charge on any atom is -0.497 e. The second kappa shape index (κ2) is 7.11.